The lowest BCUT2D eigenvalue weighted by molar-refractivity contribution is -0.113. The first-order chi connectivity index (χ1) is 14.5. The second kappa shape index (κ2) is 8.51. The average molecular weight is 417 g/mol. The molecule has 2 aromatic carbocycles. The van der Waals surface area contributed by atoms with Gasteiger partial charge in [-0.25, -0.2) is 14.5 Å². The number of para-hydroxylation sites is 1. The molecule has 0 fully saturated rings. The first-order valence-corrected chi connectivity index (χ1v) is 10.4. The first kappa shape index (κ1) is 19.8. The number of pyridine rings is 1. The minimum Gasteiger partial charge on any atom is -0.325 e. The van der Waals surface area contributed by atoms with E-state index in [1.807, 2.05) is 50.2 Å². The first-order valence-electron chi connectivity index (χ1n) is 9.45. The molecule has 0 aliphatic heterocycles. The summed E-state index contributed by atoms with van der Waals surface area (Å²) in [5, 5.41) is 3.81. The lowest BCUT2D eigenvalue weighted by Crippen LogP contribution is -2.23. The van der Waals surface area contributed by atoms with Gasteiger partial charge in [0.05, 0.1) is 16.7 Å². The van der Waals surface area contributed by atoms with Gasteiger partial charge >= 0.3 is 0 Å². The Bertz CT molecular complexity index is 1280. The molecule has 0 atom stereocenters. The Balaban J connectivity index is 1.67. The Hall–Kier alpha value is -3.45. The number of carbonyl (C=O) groups is 1. The van der Waals surface area contributed by atoms with Crippen molar-refractivity contribution in [3.8, 4) is 5.82 Å². The molecule has 1 amide bonds. The smallest absolute Gasteiger partial charge is 0.267 e. The lowest BCUT2D eigenvalue weighted by atomic mass is 10.2. The van der Waals surface area contributed by atoms with Gasteiger partial charge in [-0.05, 0) is 55.3 Å². The summed E-state index contributed by atoms with van der Waals surface area (Å²) < 4.78 is 1.46. The standard InChI is InChI=1S/C23H20N4O2S/c1-15-6-5-7-17(12-15)25-21(28)14-30-23-26-19-9-4-3-8-18(19)22(29)27(23)20-11-10-16(2)13-24-20/h3-13H,14H2,1-2H3,(H,25,28). The summed E-state index contributed by atoms with van der Waals surface area (Å²) >= 11 is 1.21. The van der Waals surface area contributed by atoms with Gasteiger partial charge in [-0.3, -0.25) is 9.59 Å². The molecule has 2 heterocycles. The number of anilines is 1. The van der Waals surface area contributed by atoms with E-state index < -0.39 is 0 Å². The van der Waals surface area contributed by atoms with Crippen LogP contribution in [0.15, 0.2) is 76.8 Å². The number of hydrogen-bond donors (Lipinski definition) is 1. The Morgan fingerprint density at radius 2 is 1.87 bits per heavy atom. The van der Waals surface area contributed by atoms with E-state index in [1.165, 1.54) is 16.3 Å². The van der Waals surface area contributed by atoms with Crippen LogP contribution in [-0.4, -0.2) is 26.2 Å². The van der Waals surface area contributed by atoms with Crippen LogP contribution in [0.25, 0.3) is 16.7 Å². The maximum absolute atomic E-state index is 13.2. The van der Waals surface area contributed by atoms with Crippen LogP contribution in [0.1, 0.15) is 11.1 Å². The number of aromatic nitrogens is 3. The van der Waals surface area contributed by atoms with Gasteiger partial charge in [-0.1, -0.05) is 42.1 Å². The minimum absolute atomic E-state index is 0.116. The van der Waals surface area contributed by atoms with Gasteiger partial charge in [0.25, 0.3) is 5.56 Å². The van der Waals surface area contributed by atoms with E-state index in [4.69, 9.17) is 0 Å². The van der Waals surface area contributed by atoms with Crippen molar-refractivity contribution in [2.24, 2.45) is 0 Å². The van der Waals surface area contributed by atoms with E-state index in [-0.39, 0.29) is 17.2 Å². The Labute approximate surface area is 178 Å². The van der Waals surface area contributed by atoms with Crippen LogP contribution >= 0.6 is 11.8 Å². The molecule has 30 heavy (non-hydrogen) atoms. The van der Waals surface area contributed by atoms with Gasteiger partial charge in [-0.15, -0.1) is 0 Å². The van der Waals surface area contributed by atoms with Crippen LogP contribution in [0.2, 0.25) is 0 Å². The van der Waals surface area contributed by atoms with Crippen molar-refractivity contribution in [1.82, 2.24) is 14.5 Å². The molecule has 0 unspecified atom stereocenters. The number of amides is 1. The minimum atomic E-state index is -0.210. The van der Waals surface area contributed by atoms with E-state index in [2.05, 4.69) is 15.3 Å². The number of aryl methyl sites for hydroxylation is 2. The largest absolute Gasteiger partial charge is 0.325 e. The zero-order valence-corrected chi connectivity index (χ0v) is 17.4. The van der Waals surface area contributed by atoms with Crippen molar-refractivity contribution in [3.05, 3.63) is 88.3 Å². The molecule has 150 valence electrons. The molecule has 6 nitrogen and oxygen atoms in total. The van der Waals surface area contributed by atoms with Crippen molar-refractivity contribution in [2.45, 2.75) is 19.0 Å². The average Bonchev–Trinajstić information content (AvgIpc) is 2.73. The number of nitrogens with one attached hydrogen (secondary N) is 1. The predicted octanol–water partition coefficient (Wildman–Crippen LogP) is 4.13. The third-order valence-electron chi connectivity index (χ3n) is 4.50. The van der Waals surface area contributed by atoms with Gasteiger partial charge < -0.3 is 5.32 Å². The topological polar surface area (TPSA) is 76.9 Å². The van der Waals surface area contributed by atoms with E-state index in [0.29, 0.717) is 21.9 Å². The maximum atomic E-state index is 13.2. The van der Waals surface area contributed by atoms with E-state index in [1.54, 1.807) is 30.5 Å². The van der Waals surface area contributed by atoms with Crippen molar-refractivity contribution >= 4 is 34.3 Å². The highest BCUT2D eigenvalue weighted by Crippen LogP contribution is 2.21. The van der Waals surface area contributed by atoms with Gasteiger partial charge in [0.2, 0.25) is 5.91 Å². The molecule has 0 saturated carbocycles. The zero-order valence-electron chi connectivity index (χ0n) is 16.6. The van der Waals surface area contributed by atoms with Crippen molar-refractivity contribution in [2.75, 3.05) is 11.1 Å². The fraction of sp³-hybridized carbons (Fsp3) is 0.130. The molecule has 4 rings (SSSR count). The molecular formula is C23H20N4O2S. The quantitative estimate of drug-likeness (QED) is 0.391. The highest BCUT2D eigenvalue weighted by Gasteiger charge is 2.15. The monoisotopic (exact) mass is 416 g/mol. The molecule has 2 aromatic heterocycles. The summed E-state index contributed by atoms with van der Waals surface area (Å²) in [6, 6.07) is 18.5. The molecule has 7 heteroatoms. The Kier molecular flexibility index (Phi) is 5.63. The van der Waals surface area contributed by atoms with Crippen molar-refractivity contribution < 1.29 is 4.79 Å². The summed E-state index contributed by atoms with van der Waals surface area (Å²) in [5.74, 6) is 0.423. The fourth-order valence-electron chi connectivity index (χ4n) is 3.05. The van der Waals surface area contributed by atoms with Gasteiger partial charge in [0.1, 0.15) is 5.82 Å². The third kappa shape index (κ3) is 4.26. The molecule has 0 radical (unpaired) electrons. The van der Waals surface area contributed by atoms with Crippen LogP contribution in [0.5, 0.6) is 0 Å². The van der Waals surface area contributed by atoms with Crippen LogP contribution in [0, 0.1) is 13.8 Å². The van der Waals surface area contributed by atoms with E-state index in [9.17, 15) is 9.59 Å². The Morgan fingerprint density at radius 1 is 1.03 bits per heavy atom. The van der Waals surface area contributed by atoms with Crippen molar-refractivity contribution in [3.63, 3.8) is 0 Å². The highest BCUT2D eigenvalue weighted by molar-refractivity contribution is 7.99. The number of nitrogens with zero attached hydrogens (tertiary/aromatic N) is 3. The Morgan fingerprint density at radius 3 is 2.63 bits per heavy atom. The molecule has 0 aliphatic rings. The molecular weight excluding hydrogens is 396 g/mol. The zero-order chi connectivity index (χ0) is 21.1. The van der Waals surface area contributed by atoms with E-state index >= 15 is 0 Å². The maximum Gasteiger partial charge on any atom is 0.267 e. The second-order valence-corrected chi connectivity index (χ2v) is 7.89. The van der Waals surface area contributed by atoms with Crippen LogP contribution < -0.4 is 10.9 Å². The second-order valence-electron chi connectivity index (χ2n) is 6.95. The summed E-state index contributed by atoms with van der Waals surface area (Å²) in [6.45, 7) is 3.90. The number of fused-ring (bicyclic) bond motifs is 1. The number of rotatable bonds is 5. The molecule has 0 aliphatic carbocycles. The summed E-state index contributed by atoms with van der Waals surface area (Å²) in [6.07, 6.45) is 1.70. The summed E-state index contributed by atoms with van der Waals surface area (Å²) in [5.41, 5.74) is 3.18. The third-order valence-corrected chi connectivity index (χ3v) is 5.44. The van der Waals surface area contributed by atoms with Gasteiger partial charge in [-0.2, -0.15) is 0 Å². The molecule has 4 aromatic rings. The molecule has 0 bridgehead atoms. The van der Waals surface area contributed by atoms with Crippen molar-refractivity contribution in [1.29, 1.82) is 0 Å². The normalized spacial score (nSPS) is 10.9. The van der Waals surface area contributed by atoms with E-state index in [0.717, 1.165) is 16.8 Å². The molecule has 0 spiro atoms. The lowest BCUT2D eigenvalue weighted by Gasteiger charge is -2.12. The van der Waals surface area contributed by atoms with Gasteiger partial charge in [0, 0.05) is 11.9 Å². The summed E-state index contributed by atoms with van der Waals surface area (Å²) in [7, 11) is 0. The van der Waals surface area contributed by atoms with Crippen LogP contribution in [-0.2, 0) is 4.79 Å². The fourth-order valence-corrected chi connectivity index (χ4v) is 3.85. The van der Waals surface area contributed by atoms with Crippen LogP contribution in [0.3, 0.4) is 0 Å². The molecule has 0 saturated heterocycles. The SMILES string of the molecule is Cc1ccc(-n2c(SCC(=O)Nc3cccc(C)c3)nc3ccccc3c2=O)nc1. The number of benzene rings is 2. The van der Waals surface area contributed by atoms with Crippen LogP contribution in [0.4, 0.5) is 5.69 Å². The summed E-state index contributed by atoms with van der Waals surface area (Å²) in [4.78, 5) is 34.7. The number of hydrogen-bond acceptors (Lipinski definition) is 5. The highest BCUT2D eigenvalue weighted by atomic mass is 32.2. The number of thioether (sulfide) groups is 1. The predicted molar refractivity (Wildman–Crippen MR) is 120 cm³/mol. The van der Waals surface area contributed by atoms with Gasteiger partial charge in [0.15, 0.2) is 5.16 Å². The molecule has 1 N–H and O–H groups in total. The number of carbonyl (C=O) groups excluding carboxylic acids is 1.